The molecule has 0 spiro atoms. The average molecular weight is 244 g/mol. The Hall–Kier alpha value is -1.77. The SMILES string of the molecule is CCNC(=O)C(C)(C)c1cn(C)c2ccccc12. The van der Waals surface area contributed by atoms with E-state index < -0.39 is 5.41 Å². The maximum atomic E-state index is 12.2. The summed E-state index contributed by atoms with van der Waals surface area (Å²) >= 11 is 0. The zero-order chi connectivity index (χ0) is 13.3. The third kappa shape index (κ3) is 1.90. The van der Waals surface area contributed by atoms with Crippen molar-refractivity contribution in [1.29, 1.82) is 0 Å². The first-order valence-electron chi connectivity index (χ1n) is 6.31. The number of rotatable bonds is 3. The number of hydrogen-bond acceptors (Lipinski definition) is 1. The molecule has 0 fully saturated rings. The molecule has 0 bridgehead atoms. The van der Waals surface area contributed by atoms with Gasteiger partial charge in [-0.25, -0.2) is 0 Å². The molecule has 0 unspecified atom stereocenters. The van der Waals surface area contributed by atoms with E-state index in [4.69, 9.17) is 0 Å². The molecule has 3 nitrogen and oxygen atoms in total. The quantitative estimate of drug-likeness (QED) is 0.884. The van der Waals surface area contributed by atoms with Gasteiger partial charge in [-0.05, 0) is 32.4 Å². The Morgan fingerprint density at radius 1 is 1.33 bits per heavy atom. The highest BCUT2D eigenvalue weighted by Crippen LogP contribution is 2.31. The number of likely N-dealkylation sites (N-methyl/N-ethyl adjacent to an activating group) is 1. The number of nitrogens with zero attached hydrogens (tertiary/aromatic N) is 1. The van der Waals surface area contributed by atoms with Gasteiger partial charge in [-0.1, -0.05) is 18.2 Å². The summed E-state index contributed by atoms with van der Waals surface area (Å²) in [5, 5.41) is 4.06. The Bertz CT molecular complexity index is 581. The second-order valence-electron chi connectivity index (χ2n) is 5.16. The zero-order valence-electron chi connectivity index (χ0n) is 11.4. The summed E-state index contributed by atoms with van der Waals surface area (Å²) in [4.78, 5) is 12.2. The van der Waals surface area contributed by atoms with E-state index in [-0.39, 0.29) is 5.91 Å². The minimum atomic E-state index is -0.517. The molecule has 0 saturated heterocycles. The summed E-state index contributed by atoms with van der Waals surface area (Å²) in [6, 6.07) is 8.18. The van der Waals surface area contributed by atoms with Crippen LogP contribution >= 0.6 is 0 Å². The van der Waals surface area contributed by atoms with Gasteiger partial charge in [0.2, 0.25) is 5.91 Å². The molecule has 18 heavy (non-hydrogen) atoms. The number of carbonyl (C=O) groups is 1. The third-order valence-electron chi connectivity index (χ3n) is 3.48. The van der Waals surface area contributed by atoms with E-state index in [2.05, 4.69) is 28.2 Å². The van der Waals surface area contributed by atoms with E-state index in [1.54, 1.807) is 0 Å². The number of amides is 1. The summed E-state index contributed by atoms with van der Waals surface area (Å²) < 4.78 is 2.08. The first-order valence-corrected chi connectivity index (χ1v) is 6.31. The number of fused-ring (bicyclic) bond motifs is 1. The second kappa shape index (κ2) is 4.48. The van der Waals surface area contributed by atoms with Crippen LogP contribution in [0.4, 0.5) is 0 Å². The lowest BCUT2D eigenvalue weighted by molar-refractivity contribution is -0.125. The van der Waals surface area contributed by atoms with E-state index in [9.17, 15) is 4.79 Å². The normalized spacial score (nSPS) is 11.8. The zero-order valence-corrected chi connectivity index (χ0v) is 11.4. The van der Waals surface area contributed by atoms with Crippen LogP contribution in [0.5, 0.6) is 0 Å². The van der Waals surface area contributed by atoms with Crippen LogP contribution in [0.25, 0.3) is 10.9 Å². The molecule has 1 amide bonds. The molecular weight excluding hydrogens is 224 g/mol. The molecule has 0 saturated carbocycles. The van der Waals surface area contributed by atoms with Gasteiger partial charge in [0.25, 0.3) is 0 Å². The van der Waals surface area contributed by atoms with Crippen LogP contribution < -0.4 is 5.32 Å². The fourth-order valence-electron chi connectivity index (χ4n) is 2.34. The lowest BCUT2D eigenvalue weighted by Gasteiger charge is -2.23. The summed E-state index contributed by atoms with van der Waals surface area (Å²) in [6.07, 6.45) is 2.06. The Balaban J connectivity index is 2.57. The largest absolute Gasteiger partial charge is 0.356 e. The van der Waals surface area contributed by atoms with Crippen LogP contribution in [-0.4, -0.2) is 17.0 Å². The van der Waals surface area contributed by atoms with Gasteiger partial charge in [0, 0.05) is 30.7 Å². The minimum absolute atomic E-state index is 0.0707. The predicted molar refractivity (Wildman–Crippen MR) is 74.6 cm³/mol. The number of hydrogen-bond donors (Lipinski definition) is 1. The smallest absolute Gasteiger partial charge is 0.230 e. The van der Waals surface area contributed by atoms with E-state index in [1.807, 2.05) is 40.0 Å². The van der Waals surface area contributed by atoms with Crippen LogP contribution in [-0.2, 0) is 17.3 Å². The molecule has 0 radical (unpaired) electrons. The summed E-state index contributed by atoms with van der Waals surface area (Å²) in [5.41, 5.74) is 1.72. The highest BCUT2D eigenvalue weighted by Gasteiger charge is 2.32. The predicted octanol–water partition coefficient (Wildman–Crippen LogP) is 2.59. The van der Waals surface area contributed by atoms with Crippen molar-refractivity contribution in [3.8, 4) is 0 Å². The first kappa shape index (κ1) is 12.7. The van der Waals surface area contributed by atoms with Crippen LogP contribution in [0.3, 0.4) is 0 Å². The fourth-order valence-corrected chi connectivity index (χ4v) is 2.34. The maximum absolute atomic E-state index is 12.2. The average Bonchev–Trinajstić information content (AvgIpc) is 2.68. The number of carbonyl (C=O) groups excluding carboxylic acids is 1. The van der Waals surface area contributed by atoms with Gasteiger partial charge in [-0.2, -0.15) is 0 Å². The Morgan fingerprint density at radius 2 is 2.00 bits per heavy atom. The maximum Gasteiger partial charge on any atom is 0.230 e. The molecule has 3 heteroatoms. The Kier molecular flexibility index (Phi) is 3.16. The first-order chi connectivity index (χ1) is 8.48. The van der Waals surface area contributed by atoms with Crippen molar-refractivity contribution in [2.24, 2.45) is 7.05 Å². The number of aryl methyl sites for hydroxylation is 1. The van der Waals surface area contributed by atoms with Crippen LogP contribution in [0.2, 0.25) is 0 Å². The highest BCUT2D eigenvalue weighted by atomic mass is 16.2. The van der Waals surface area contributed by atoms with E-state index in [1.165, 1.54) is 0 Å². The van der Waals surface area contributed by atoms with Crippen molar-refractivity contribution in [3.05, 3.63) is 36.0 Å². The summed E-state index contributed by atoms with van der Waals surface area (Å²) in [6.45, 7) is 6.55. The number of nitrogens with one attached hydrogen (secondary N) is 1. The summed E-state index contributed by atoms with van der Waals surface area (Å²) in [7, 11) is 2.01. The second-order valence-corrected chi connectivity index (χ2v) is 5.16. The highest BCUT2D eigenvalue weighted by molar-refractivity contribution is 5.94. The molecule has 0 aliphatic heterocycles. The van der Waals surface area contributed by atoms with Crippen molar-refractivity contribution in [2.45, 2.75) is 26.2 Å². The molecule has 0 atom stereocenters. The number of para-hydroxylation sites is 1. The van der Waals surface area contributed by atoms with Crippen LogP contribution in [0.1, 0.15) is 26.3 Å². The topological polar surface area (TPSA) is 34.0 Å². The fraction of sp³-hybridized carbons (Fsp3) is 0.400. The van der Waals surface area contributed by atoms with Gasteiger partial charge >= 0.3 is 0 Å². The van der Waals surface area contributed by atoms with Crippen molar-refractivity contribution in [3.63, 3.8) is 0 Å². The van der Waals surface area contributed by atoms with Gasteiger partial charge in [-0.15, -0.1) is 0 Å². The lowest BCUT2D eigenvalue weighted by Crippen LogP contribution is -2.39. The molecule has 2 rings (SSSR count). The van der Waals surface area contributed by atoms with Gasteiger partial charge in [0.1, 0.15) is 0 Å². The molecule has 1 aromatic heterocycles. The number of benzene rings is 1. The minimum Gasteiger partial charge on any atom is -0.356 e. The molecule has 0 aliphatic carbocycles. The van der Waals surface area contributed by atoms with Gasteiger partial charge in [0.15, 0.2) is 0 Å². The Labute approximate surface area is 108 Å². The van der Waals surface area contributed by atoms with Crippen molar-refractivity contribution >= 4 is 16.8 Å². The standard InChI is InChI=1S/C15H20N2O/c1-5-16-14(18)15(2,3)12-10-17(4)13-9-7-6-8-11(12)13/h6-10H,5H2,1-4H3,(H,16,18). The van der Waals surface area contributed by atoms with Crippen LogP contribution in [0.15, 0.2) is 30.5 Å². The van der Waals surface area contributed by atoms with E-state index >= 15 is 0 Å². The molecule has 2 aromatic rings. The number of aromatic nitrogens is 1. The van der Waals surface area contributed by atoms with Gasteiger partial charge in [0.05, 0.1) is 5.41 Å². The van der Waals surface area contributed by atoms with E-state index in [0.717, 1.165) is 16.5 Å². The molecule has 1 aromatic carbocycles. The van der Waals surface area contributed by atoms with E-state index in [0.29, 0.717) is 6.54 Å². The van der Waals surface area contributed by atoms with Gasteiger partial charge < -0.3 is 9.88 Å². The van der Waals surface area contributed by atoms with Crippen LogP contribution in [0, 0.1) is 0 Å². The van der Waals surface area contributed by atoms with Gasteiger partial charge in [-0.3, -0.25) is 4.79 Å². The molecular formula is C15H20N2O. The molecule has 1 heterocycles. The Morgan fingerprint density at radius 3 is 2.67 bits per heavy atom. The molecule has 96 valence electrons. The van der Waals surface area contributed by atoms with Crippen molar-refractivity contribution in [2.75, 3.05) is 6.54 Å². The van der Waals surface area contributed by atoms with Crippen molar-refractivity contribution < 1.29 is 4.79 Å². The molecule has 1 N–H and O–H groups in total. The monoisotopic (exact) mass is 244 g/mol. The van der Waals surface area contributed by atoms with Crippen molar-refractivity contribution in [1.82, 2.24) is 9.88 Å². The third-order valence-corrected chi connectivity index (χ3v) is 3.48. The molecule has 0 aliphatic rings. The lowest BCUT2D eigenvalue weighted by atomic mass is 9.83. The summed E-state index contributed by atoms with van der Waals surface area (Å²) in [5.74, 6) is 0.0707.